The van der Waals surface area contributed by atoms with Crippen molar-refractivity contribution in [1.82, 2.24) is 15.2 Å². The summed E-state index contributed by atoms with van der Waals surface area (Å²) in [6.07, 6.45) is 6.71. The Morgan fingerprint density at radius 2 is 2.05 bits per heavy atom. The number of urea groups is 1. The monoisotopic (exact) mass is 304 g/mol. The lowest BCUT2D eigenvalue weighted by atomic mass is 10.2. The first kappa shape index (κ1) is 16.6. The first-order chi connectivity index (χ1) is 10.7. The molecule has 0 aliphatic carbocycles. The average Bonchev–Trinajstić information content (AvgIpc) is 2.79. The lowest BCUT2D eigenvalue weighted by Crippen LogP contribution is -2.45. The van der Waals surface area contributed by atoms with Gasteiger partial charge >= 0.3 is 6.03 Å². The number of nitrogens with zero attached hydrogens (tertiary/aromatic N) is 3. The van der Waals surface area contributed by atoms with Crippen molar-refractivity contribution < 1.29 is 4.79 Å². The maximum Gasteiger partial charge on any atom is 0.317 e. The molecule has 1 N–H and O–H groups in total. The minimum Gasteiger partial charge on any atom is -0.369 e. The van der Waals surface area contributed by atoms with Gasteiger partial charge in [-0.25, -0.2) is 4.79 Å². The van der Waals surface area contributed by atoms with Gasteiger partial charge in [0.15, 0.2) is 0 Å². The smallest absolute Gasteiger partial charge is 0.317 e. The first-order valence-corrected chi connectivity index (χ1v) is 8.36. The highest BCUT2D eigenvalue weighted by Crippen LogP contribution is 2.20. The molecule has 1 aliphatic heterocycles. The number of amides is 2. The van der Waals surface area contributed by atoms with Gasteiger partial charge in [0.2, 0.25) is 0 Å². The van der Waals surface area contributed by atoms with E-state index in [1.165, 1.54) is 11.3 Å². The second kappa shape index (κ2) is 8.01. The first-order valence-electron chi connectivity index (χ1n) is 8.36. The van der Waals surface area contributed by atoms with Gasteiger partial charge in [-0.3, -0.25) is 4.98 Å². The third kappa shape index (κ3) is 4.12. The molecule has 0 atom stereocenters. The van der Waals surface area contributed by atoms with Crippen LogP contribution in [0, 0.1) is 6.92 Å². The predicted molar refractivity (Wildman–Crippen MR) is 90.3 cm³/mol. The molecule has 2 heterocycles. The minimum atomic E-state index is 0.0852. The summed E-state index contributed by atoms with van der Waals surface area (Å²) in [6.45, 7) is 9.78. The molecular formula is C17H28N4O. The van der Waals surface area contributed by atoms with E-state index in [0.29, 0.717) is 0 Å². The third-order valence-electron chi connectivity index (χ3n) is 4.43. The molecular weight excluding hydrogens is 276 g/mol. The number of aryl methyl sites for hydroxylation is 1. The summed E-state index contributed by atoms with van der Waals surface area (Å²) in [4.78, 5) is 20.8. The third-order valence-corrected chi connectivity index (χ3v) is 4.43. The lowest BCUT2D eigenvalue weighted by Gasteiger charge is -2.26. The molecule has 0 spiro atoms. The Bertz CT molecular complexity index is 487. The van der Waals surface area contributed by atoms with Crippen molar-refractivity contribution in [3.05, 3.63) is 24.0 Å². The number of anilines is 1. The second-order valence-corrected chi connectivity index (χ2v) is 5.95. The highest BCUT2D eigenvalue weighted by atomic mass is 16.2. The summed E-state index contributed by atoms with van der Waals surface area (Å²) < 4.78 is 0. The summed E-state index contributed by atoms with van der Waals surface area (Å²) in [7, 11) is 0. The van der Waals surface area contributed by atoms with Crippen LogP contribution >= 0.6 is 0 Å². The van der Waals surface area contributed by atoms with Crippen LogP contribution in [0.2, 0.25) is 0 Å². The molecule has 5 heteroatoms. The van der Waals surface area contributed by atoms with Crippen LogP contribution in [0.25, 0.3) is 0 Å². The number of hydrogen-bond donors (Lipinski definition) is 1. The number of carbonyl (C=O) groups is 1. The van der Waals surface area contributed by atoms with Crippen LogP contribution in [-0.4, -0.2) is 48.1 Å². The van der Waals surface area contributed by atoms with Crippen LogP contribution in [0.15, 0.2) is 18.5 Å². The van der Waals surface area contributed by atoms with Gasteiger partial charge in [-0.15, -0.1) is 0 Å². The van der Waals surface area contributed by atoms with E-state index in [1.807, 2.05) is 17.3 Å². The molecule has 1 saturated heterocycles. The Labute approximate surface area is 133 Å². The van der Waals surface area contributed by atoms with E-state index in [0.717, 1.165) is 45.4 Å². The SMILES string of the molecule is CCC(CC)NC(=O)N1CCCN(c2ccncc2C)CC1. The van der Waals surface area contributed by atoms with Crippen LogP contribution in [0.1, 0.15) is 38.7 Å². The predicted octanol–water partition coefficient (Wildman–Crippen LogP) is 2.80. The van der Waals surface area contributed by atoms with Crippen LogP contribution in [0.4, 0.5) is 10.5 Å². The Morgan fingerprint density at radius 1 is 1.27 bits per heavy atom. The van der Waals surface area contributed by atoms with Gasteiger partial charge in [-0.05, 0) is 37.8 Å². The maximum atomic E-state index is 12.4. The molecule has 22 heavy (non-hydrogen) atoms. The Hall–Kier alpha value is -1.78. The van der Waals surface area contributed by atoms with Crippen LogP contribution < -0.4 is 10.2 Å². The van der Waals surface area contributed by atoms with Crippen LogP contribution in [0.3, 0.4) is 0 Å². The van der Waals surface area contributed by atoms with Gasteiger partial charge in [-0.1, -0.05) is 13.8 Å². The largest absolute Gasteiger partial charge is 0.369 e. The van der Waals surface area contributed by atoms with Gasteiger partial charge in [-0.2, -0.15) is 0 Å². The number of rotatable bonds is 4. The Balaban J connectivity index is 1.95. The molecule has 1 fully saturated rings. The van der Waals surface area contributed by atoms with Crippen molar-refractivity contribution in [3.63, 3.8) is 0 Å². The molecule has 0 unspecified atom stereocenters. The zero-order valence-electron chi connectivity index (χ0n) is 14.0. The van der Waals surface area contributed by atoms with E-state index in [2.05, 4.69) is 42.0 Å². The number of aromatic nitrogens is 1. The Morgan fingerprint density at radius 3 is 2.73 bits per heavy atom. The maximum absolute atomic E-state index is 12.4. The topological polar surface area (TPSA) is 48.5 Å². The molecule has 0 saturated carbocycles. The highest BCUT2D eigenvalue weighted by Gasteiger charge is 2.21. The van der Waals surface area contributed by atoms with E-state index in [1.54, 1.807) is 0 Å². The molecule has 2 rings (SSSR count). The molecule has 2 amide bonds. The molecule has 5 nitrogen and oxygen atoms in total. The summed E-state index contributed by atoms with van der Waals surface area (Å²) in [6, 6.07) is 2.44. The average molecular weight is 304 g/mol. The second-order valence-electron chi connectivity index (χ2n) is 5.95. The zero-order chi connectivity index (χ0) is 15.9. The van der Waals surface area contributed by atoms with Crippen molar-refractivity contribution in [2.24, 2.45) is 0 Å². The van der Waals surface area contributed by atoms with Crippen molar-refractivity contribution in [1.29, 1.82) is 0 Å². The van der Waals surface area contributed by atoms with Gasteiger partial charge in [0.05, 0.1) is 0 Å². The summed E-state index contributed by atoms with van der Waals surface area (Å²) in [5.74, 6) is 0. The fourth-order valence-corrected chi connectivity index (χ4v) is 2.94. The number of nitrogens with one attached hydrogen (secondary N) is 1. The fourth-order valence-electron chi connectivity index (χ4n) is 2.94. The molecule has 0 aromatic carbocycles. The number of hydrogen-bond acceptors (Lipinski definition) is 3. The summed E-state index contributed by atoms with van der Waals surface area (Å²) >= 11 is 0. The Kier molecular flexibility index (Phi) is 6.04. The normalized spacial score (nSPS) is 15.8. The standard InChI is InChI=1S/C17H28N4O/c1-4-15(5-2)19-17(22)21-10-6-9-20(11-12-21)16-7-8-18-13-14(16)3/h7-8,13,15H,4-6,9-12H2,1-3H3,(H,19,22). The quantitative estimate of drug-likeness (QED) is 0.930. The van der Waals surface area contributed by atoms with Gasteiger partial charge in [0.1, 0.15) is 0 Å². The molecule has 0 bridgehead atoms. The molecule has 0 radical (unpaired) electrons. The zero-order valence-corrected chi connectivity index (χ0v) is 14.0. The number of pyridine rings is 1. The van der Waals surface area contributed by atoms with Crippen molar-refractivity contribution >= 4 is 11.7 Å². The van der Waals surface area contributed by atoms with Gasteiger partial charge in [0, 0.05) is 50.3 Å². The van der Waals surface area contributed by atoms with Crippen molar-refractivity contribution in [2.75, 3.05) is 31.1 Å². The highest BCUT2D eigenvalue weighted by molar-refractivity contribution is 5.74. The van der Waals surface area contributed by atoms with Crippen LogP contribution in [-0.2, 0) is 0 Å². The van der Waals surface area contributed by atoms with E-state index in [4.69, 9.17) is 0 Å². The molecule has 1 aromatic rings. The summed E-state index contributed by atoms with van der Waals surface area (Å²) in [5.41, 5.74) is 2.43. The van der Waals surface area contributed by atoms with E-state index < -0.39 is 0 Å². The molecule has 122 valence electrons. The lowest BCUT2D eigenvalue weighted by molar-refractivity contribution is 0.196. The minimum absolute atomic E-state index is 0.0852. The van der Waals surface area contributed by atoms with E-state index in [9.17, 15) is 4.79 Å². The molecule has 1 aromatic heterocycles. The van der Waals surface area contributed by atoms with Crippen molar-refractivity contribution in [2.45, 2.75) is 46.1 Å². The van der Waals surface area contributed by atoms with Crippen molar-refractivity contribution in [3.8, 4) is 0 Å². The molecule has 1 aliphatic rings. The number of carbonyl (C=O) groups excluding carboxylic acids is 1. The van der Waals surface area contributed by atoms with Gasteiger partial charge in [0.25, 0.3) is 0 Å². The van der Waals surface area contributed by atoms with Gasteiger partial charge < -0.3 is 15.1 Å². The fraction of sp³-hybridized carbons (Fsp3) is 0.647. The summed E-state index contributed by atoms with van der Waals surface area (Å²) in [5, 5.41) is 3.14. The van der Waals surface area contributed by atoms with E-state index in [-0.39, 0.29) is 12.1 Å². The van der Waals surface area contributed by atoms with E-state index >= 15 is 0 Å². The van der Waals surface area contributed by atoms with Crippen LogP contribution in [0.5, 0.6) is 0 Å².